The zero-order valence-electron chi connectivity index (χ0n) is 13.7. The Hall–Kier alpha value is -0.240. The van der Waals surface area contributed by atoms with Gasteiger partial charge in [-0.15, -0.1) is 0 Å². The molecule has 0 spiro atoms. The van der Waals surface area contributed by atoms with E-state index in [2.05, 4.69) is 0 Å². The molecule has 0 unspecified atom stereocenters. The number of carbonyl (C=O) groups excluding carboxylic acids is 6. The first kappa shape index (κ1) is 26.8. The number of alkyl halides is 4. The molecule has 0 aliphatic carbocycles. The highest BCUT2D eigenvalue weighted by Gasteiger charge is 2.54. The van der Waals surface area contributed by atoms with Crippen LogP contribution < -0.4 is 0 Å². The largest absolute Gasteiger partial charge is 0.291 e. The normalized spacial score (nSPS) is 11.8. The fourth-order valence-electron chi connectivity index (χ4n) is 1.77. The minimum absolute atomic E-state index is 0.133. The summed E-state index contributed by atoms with van der Waals surface area (Å²) in [5, 5.41) is -1.54. The second kappa shape index (κ2) is 11.7. The zero-order valence-corrected chi connectivity index (χ0v) is 18.2. The Bertz CT molecular complexity index is 643. The molecule has 0 bridgehead atoms. The van der Waals surface area contributed by atoms with E-state index >= 15 is 0 Å². The topological polar surface area (TPSA) is 102 Å². The minimum Gasteiger partial charge on any atom is -0.291 e. The minimum atomic E-state index is -2.54. The van der Waals surface area contributed by atoms with Crippen molar-refractivity contribution in [3.63, 3.8) is 0 Å². The van der Waals surface area contributed by atoms with Gasteiger partial charge in [0.1, 0.15) is 0 Å². The molecule has 0 saturated carbocycles. The van der Waals surface area contributed by atoms with E-state index in [9.17, 15) is 28.8 Å². The molecule has 0 heterocycles. The van der Waals surface area contributed by atoms with Gasteiger partial charge in [0.05, 0.1) is 0 Å². The summed E-state index contributed by atoms with van der Waals surface area (Å²) in [4.78, 5) is 68.5. The second-order valence-electron chi connectivity index (χ2n) is 5.44. The number of hydrogen-bond donors (Lipinski definition) is 0. The fourth-order valence-corrected chi connectivity index (χ4v) is 2.72. The van der Waals surface area contributed by atoms with E-state index in [1.54, 1.807) is 0 Å². The molecule has 0 fully saturated rings. The van der Waals surface area contributed by atoms with Crippen molar-refractivity contribution in [1.29, 1.82) is 0 Å². The summed E-state index contributed by atoms with van der Waals surface area (Å²) in [7, 11) is 0. The molecule has 0 saturated heterocycles. The molecule has 12 heteroatoms. The van der Waals surface area contributed by atoms with Crippen molar-refractivity contribution in [2.24, 2.45) is 0 Å². The second-order valence-corrected chi connectivity index (χ2v) is 9.10. The van der Waals surface area contributed by atoms with Crippen molar-refractivity contribution in [3.8, 4) is 0 Å². The summed E-state index contributed by atoms with van der Waals surface area (Å²) >= 11 is 33.6. The summed E-state index contributed by atoms with van der Waals surface area (Å²) < 4.78 is -4.70. The third kappa shape index (κ3) is 9.20. The summed E-state index contributed by atoms with van der Waals surface area (Å²) in [5.74, 6) is -3.98. The van der Waals surface area contributed by atoms with E-state index < -0.39 is 48.7 Å². The maximum absolute atomic E-state index is 12.1. The van der Waals surface area contributed by atoms with Crippen molar-refractivity contribution in [1.82, 2.24) is 0 Å². The van der Waals surface area contributed by atoms with E-state index in [1.807, 2.05) is 0 Å². The molecule has 0 aliphatic rings. The molecule has 0 radical (unpaired) electrons. The molecule has 0 atom stereocenters. The Morgan fingerprint density at radius 2 is 1.04 bits per heavy atom. The van der Waals surface area contributed by atoms with Crippen LogP contribution in [0.1, 0.15) is 44.9 Å². The van der Waals surface area contributed by atoms with Gasteiger partial charge < -0.3 is 0 Å². The molecule has 0 N–H and O–H groups in total. The fraction of sp³-hybridized carbons (Fsp3) is 0.600. The SMILES string of the molecule is O=C(Cl)CCC(=O)C(=O)CCCC(=O)C(=O)C(Cl)(Cl)C(Cl)(Cl)CCC(=O)Cl. The average Bonchev–Trinajstić information content (AvgIpc) is 2.56. The molecule has 0 amide bonds. The van der Waals surface area contributed by atoms with Gasteiger partial charge in [0.15, 0.2) is 15.9 Å². The van der Waals surface area contributed by atoms with Crippen molar-refractivity contribution in [2.75, 3.05) is 0 Å². The van der Waals surface area contributed by atoms with Crippen LogP contribution in [0.2, 0.25) is 0 Å². The number of rotatable bonds is 14. The molecule has 27 heavy (non-hydrogen) atoms. The maximum atomic E-state index is 12.1. The highest BCUT2D eigenvalue weighted by atomic mass is 35.5. The van der Waals surface area contributed by atoms with Gasteiger partial charge in [-0.1, -0.05) is 46.4 Å². The predicted octanol–water partition coefficient (Wildman–Crippen LogP) is 3.87. The van der Waals surface area contributed by atoms with Crippen LogP contribution in [0.4, 0.5) is 0 Å². The third-order valence-electron chi connectivity index (χ3n) is 3.30. The standard InChI is InChI=1S/C15H14Cl6O6/c16-11(25)5-4-9(23)8(22)2-1-3-10(24)13(27)15(20,21)14(18,19)7-6-12(17)26/h1-7H2. The van der Waals surface area contributed by atoms with Crippen LogP contribution in [0.5, 0.6) is 0 Å². The highest BCUT2D eigenvalue weighted by molar-refractivity contribution is 6.74. The quantitative estimate of drug-likeness (QED) is 0.203. The lowest BCUT2D eigenvalue weighted by Gasteiger charge is -2.30. The smallest absolute Gasteiger partial charge is 0.237 e. The van der Waals surface area contributed by atoms with Crippen LogP contribution in [0.15, 0.2) is 0 Å². The van der Waals surface area contributed by atoms with Crippen LogP contribution in [0.3, 0.4) is 0 Å². The number of halogens is 6. The molecule has 0 aromatic heterocycles. The first-order valence-corrected chi connectivity index (χ1v) is 9.75. The van der Waals surface area contributed by atoms with Gasteiger partial charge in [-0.2, -0.15) is 0 Å². The number of carbonyl (C=O) groups is 6. The molecule has 0 aliphatic heterocycles. The van der Waals surface area contributed by atoms with E-state index in [1.165, 1.54) is 0 Å². The summed E-state index contributed by atoms with van der Waals surface area (Å²) in [6.07, 6.45) is -2.21. The molecule has 0 rings (SSSR count). The molecule has 0 aromatic carbocycles. The lowest BCUT2D eigenvalue weighted by Crippen LogP contribution is -2.47. The highest BCUT2D eigenvalue weighted by Crippen LogP contribution is 2.46. The number of hydrogen-bond acceptors (Lipinski definition) is 6. The lowest BCUT2D eigenvalue weighted by atomic mass is 10.0. The van der Waals surface area contributed by atoms with E-state index in [0.29, 0.717) is 0 Å². The average molecular weight is 503 g/mol. The van der Waals surface area contributed by atoms with Gasteiger partial charge in [0.25, 0.3) is 0 Å². The molecule has 0 aromatic rings. The van der Waals surface area contributed by atoms with Crippen LogP contribution in [0, 0.1) is 0 Å². The molecule has 6 nitrogen and oxygen atoms in total. The Morgan fingerprint density at radius 1 is 0.593 bits per heavy atom. The summed E-state index contributed by atoms with van der Waals surface area (Å²) in [6.45, 7) is 0. The maximum Gasteiger partial charge on any atom is 0.237 e. The van der Waals surface area contributed by atoms with Crippen LogP contribution in [-0.2, 0) is 28.8 Å². The van der Waals surface area contributed by atoms with Crippen LogP contribution >= 0.6 is 69.6 Å². The monoisotopic (exact) mass is 500 g/mol. The van der Waals surface area contributed by atoms with Gasteiger partial charge in [-0.3, -0.25) is 28.8 Å². The third-order valence-corrected chi connectivity index (χ3v) is 6.00. The van der Waals surface area contributed by atoms with Crippen molar-refractivity contribution >= 4 is 103 Å². The number of Topliss-reactive ketones (excluding diaryl/α,β-unsaturated/α-hetero) is 4. The van der Waals surface area contributed by atoms with Gasteiger partial charge >= 0.3 is 0 Å². The van der Waals surface area contributed by atoms with Crippen molar-refractivity contribution < 1.29 is 28.8 Å². The van der Waals surface area contributed by atoms with Gasteiger partial charge in [0.2, 0.25) is 26.4 Å². The zero-order chi connectivity index (χ0) is 21.4. The van der Waals surface area contributed by atoms with Gasteiger partial charge in [-0.25, -0.2) is 0 Å². The van der Waals surface area contributed by atoms with E-state index in [0.717, 1.165) is 0 Å². The van der Waals surface area contributed by atoms with E-state index in [-0.39, 0.29) is 38.5 Å². The first-order valence-electron chi connectivity index (χ1n) is 7.48. The van der Waals surface area contributed by atoms with Gasteiger partial charge in [0, 0.05) is 32.1 Å². The predicted molar refractivity (Wildman–Crippen MR) is 103 cm³/mol. The summed E-state index contributed by atoms with van der Waals surface area (Å²) in [5.41, 5.74) is 0. The molecular formula is C15H14Cl6O6. The molecular weight excluding hydrogens is 489 g/mol. The van der Waals surface area contributed by atoms with E-state index in [4.69, 9.17) is 69.6 Å². The van der Waals surface area contributed by atoms with Crippen molar-refractivity contribution in [3.05, 3.63) is 0 Å². The Labute approximate surface area is 185 Å². The lowest BCUT2D eigenvalue weighted by molar-refractivity contribution is -0.138. The van der Waals surface area contributed by atoms with Gasteiger partial charge in [-0.05, 0) is 36.0 Å². The Balaban J connectivity index is 4.66. The number of ketones is 4. The van der Waals surface area contributed by atoms with Crippen LogP contribution in [0.25, 0.3) is 0 Å². The van der Waals surface area contributed by atoms with Crippen molar-refractivity contribution in [2.45, 2.75) is 53.6 Å². The summed E-state index contributed by atoms with van der Waals surface area (Å²) in [6, 6.07) is 0. The van der Waals surface area contributed by atoms with Crippen LogP contribution in [-0.4, -0.2) is 42.3 Å². The molecule has 152 valence electrons. The first-order chi connectivity index (χ1) is 12.2. The Kier molecular flexibility index (Phi) is 11.6. The Morgan fingerprint density at radius 3 is 1.52 bits per heavy atom.